The van der Waals surface area contributed by atoms with E-state index in [9.17, 15) is 18.7 Å². The zero-order valence-electron chi connectivity index (χ0n) is 19.4. The first-order valence-corrected chi connectivity index (χ1v) is 11.1. The number of ether oxygens (including phenoxy) is 1. The van der Waals surface area contributed by atoms with Gasteiger partial charge in [-0.2, -0.15) is 8.78 Å². The van der Waals surface area contributed by atoms with Gasteiger partial charge in [0.05, 0.1) is 0 Å². The number of carbonyl (C=O) groups excluding carboxylic acids is 1. The molecule has 2 aromatic rings. The molecule has 1 heterocycles. The van der Waals surface area contributed by atoms with Gasteiger partial charge in [0, 0.05) is 37.0 Å². The highest BCUT2D eigenvalue weighted by Crippen LogP contribution is 2.30. The molecule has 1 amide bonds. The molecule has 1 saturated heterocycles. The second-order valence-corrected chi connectivity index (χ2v) is 9.56. The van der Waals surface area contributed by atoms with Gasteiger partial charge in [0.2, 0.25) is 0 Å². The number of halogens is 2. The van der Waals surface area contributed by atoms with Crippen LogP contribution in [-0.4, -0.2) is 40.7 Å². The fourth-order valence-electron chi connectivity index (χ4n) is 3.77. The van der Waals surface area contributed by atoms with Gasteiger partial charge in [-0.3, -0.25) is 9.69 Å². The van der Waals surface area contributed by atoms with Crippen molar-refractivity contribution in [2.75, 3.05) is 18.4 Å². The maximum absolute atomic E-state index is 13.6. The Morgan fingerprint density at radius 2 is 1.76 bits per heavy atom. The van der Waals surface area contributed by atoms with Crippen LogP contribution in [0.25, 0.3) is 0 Å². The Kier molecular flexibility index (Phi) is 7.24. The zero-order chi connectivity index (χ0) is 24.3. The molecule has 3 rings (SSSR count). The van der Waals surface area contributed by atoms with E-state index in [0.717, 1.165) is 5.56 Å². The summed E-state index contributed by atoms with van der Waals surface area (Å²) in [6.45, 7) is 10.7. The predicted octanol–water partition coefficient (Wildman–Crippen LogP) is 5.11. The normalized spacial score (nSPS) is 16.8. The summed E-state index contributed by atoms with van der Waals surface area (Å²) in [5.74, 6) is -0.348. The number of anilines is 1. The average molecular weight is 459 g/mol. The number of rotatable bonds is 7. The standard InChI is InChI=1S/C26H32F2N2O3/c1-5-26(27,28)33-22-9-7-6-8-19(22)18-30-16-14-25(32,15-17-30)23(31)29-21-12-10-20(11-13-21)24(2,3)4/h5-13,32H,1,14-18H2,2-4H3,(H,29,31). The van der Waals surface area contributed by atoms with Crippen LogP contribution in [0.4, 0.5) is 14.5 Å². The molecule has 0 aliphatic carbocycles. The molecular weight excluding hydrogens is 426 g/mol. The van der Waals surface area contributed by atoms with Gasteiger partial charge >= 0.3 is 6.11 Å². The molecule has 1 fully saturated rings. The van der Waals surface area contributed by atoms with E-state index in [1.807, 2.05) is 29.2 Å². The Morgan fingerprint density at radius 3 is 2.33 bits per heavy atom. The summed E-state index contributed by atoms with van der Waals surface area (Å²) in [4.78, 5) is 14.8. The predicted molar refractivity (Wildman–Crippen MR) is 125 cm³/mol. The largest absolute Gasteiger partial charge is 0.429 e. The van der Waals surface area contributed by atoms with E-state index in [2.05, 4.69) is 32.7 Å². The van der Waals surface area contributed by atoms with Crippen LogP contribution in [0, 0.1) is 0 Å². The van der Waals surface area contributed by atoms with Crippen LogP contribution in [0.15, 0.2) is 61.2 Å². The number of amides is 1. The summed E-state index contributed by atoms with van der Waals surface area (Å²) < 4.78 is 32.0. The first-order valence-electron chi connectivity index (χ1n) is 11.1. The fourth-order valence-corrected chi connectivity index (χ4v) is 3.77. The minimum Gasteiger partial charge on any atom is -0.429 e. The topological polar surface area (TPSA) is 61.8 Å². The van der Waals surface area contributed by atoms with E-state index in [1.165, 1.54) is 6.07 Å². The molecule has 5 nitrogen and oxygen atoms in total. The van der Waals surface area contributed by atoms with E-state index in [-0.39, 0.29) is 24.0 Å². The zero-order valence-corrected chi connectivity index (χ0v) is 19.4. The van der Waals surface area contributed by atoms with E-state index in [1.54, 1.807) is 18.2 Å². The second kappa shape index (κ2) is 9.61. The molecule has 1 aliphatic heterocycles. The molecule has 0 spiro atoms. The first-order chi connectivity index (χ1) is 15.4. The van der Waals surface area contributed by atoms with Gasteiger partial charge in [0.1, 0.15) is 11.4 Å². The molecule has 2 aromatic carbocycles. The quantitative estimate of drug-likeness (QED) is 0.566. The Labute approximate surface area is 194 Å². The Hall–Kier alpha value is -2.77. The SMILES string of the molecule is C=CC(F)(F)Oc1ccccc1CN1CCC(O)(C(=O)Nc2ccc(C(C)(C)C)cc2)CC1. The summed E-state index contributed by atoms with van der Waals surface area (Å²) >= 11 is 0. The molecule has 33 heavy (non-hydrogen) atoms. The van der Waals surface area contributed by atoms with Gasteiger partial charge in [0.15, 0.2) is 0 Å². The van der Waals surface area contributed by atoms with Crippen LogP contribution < -0.4 is 10.1 Å². The van der Waals surface area contributed by atoms with Crippen molar-refractivity contribution in [2.45, 2.75) is 57.3 Å². The van der Waals surface area contributed by atoms with Crippen LogP contribution in [0.1, 0.15) is 44.7 Å². The summed E-state index contributed by atoms with van der Waals surface area (Å²) in [5, 5.41) is 13.8. The number of para-hydroxylation sites is 1. The lowest BCUT2D eigenvalue weighted by molar-refractivity contribution is -0.139. The van der Waals surface area contributed by atoms with Crippen molar-refractivity contribution < 1.29 is 23.4 Å². The summed E-state index contributed by atoms with van der Waals surface area (Å²) in [6.07, 6.45) is -2.52. The lowest BCUT2D eigenvalue weighted by atomic mass is 9.87. The minimum atomic E-state index is -3.46. The van der Waals surface area contributed by atoms with Gasteiger partial charge in [-0.05, 0) is 42.0 Å². The number of hydrogen-bond acceptors (Lipinski definition) is 4. The molecule has 0 bridgehead atoms. The Balaban J connectivity index is 1.59. The fraction of sp³-hybridized carbons (Fsp3) is 0.423. The van der Waals surface area contributed by atoms with Crippen LogP contribution in [0.2, 0.25) is 0 Å². The van der Waals surface area contributed by atoms with Crippen molar-refractivity contribution in [3.05, 3.63) is 72.3 Å². The molecule has 0 radical (unpaired) electrons. The average Bonchev–Trinajstić information content (AvgIpc) is 2.76. The van der Waals surface area contributed by atoms with E-state index >= 15 is 0 Å². The van der Waals surface area contributed by atoms with Crippen molar-refractivity contribution in [1.29, 1.82) is 0 Å². The summed E-state index contributed by atoms with van der Waals surface area (Å²) in [7, 11) is 0. The smallest absolute Gasteiger partial charge is 0.419 e. The highest BCUT2D eigenvalue weighted by atomic mass is 19.3. The molecule has 2 N–H and O–H groups in total. The third-order valence-corrected chi connectivity index (χ3v) is 5.96. The minimum absolute atomic E-state index is 0.0127. The highest BCUT2D eigenvalue weighted by Gasteiger charge is 2.39. The van der Waals surface area contributed by atoms with E-state index < -0.39 is 17.6 Å². The van der Waals surface area contributed by atoms with Gasteiger partial charge in [-0.25, -0.2) is 0 Å². The van der Waals surface area contributed by atoms with Gasteiger partial charge < -0.3 is 15.2 Å². The van der Waals surface area contributed by atoms with Gasteiger partial charge in [0.25, 0.3) is 5.91 Å². The van der Waals surface area contributed by atoms with Crippen LogP contribution >= 0.6 is 0 Å². The molecule has 0 aromatic heterocycles. The third-order valence-electron chi connectivity index (χ3n) is 5.96. The number of alkyl halides is 2. The number of likely N-dealkylation sites (tertiary alicyclic amines) is 1. The van der Waals surface area contributed by atoms with Crippen LogP contribution in [0.5, 0.6) is 5.75 Å². The Morgan fingerprint density at radius 1 is 1.15 bits per heavy atom. The van der Waals surface area contributed by atoms with Crippen molar-refractivity contribution in [1.82, 2.24) is 4.90 Å². The molecule has 1 aliphatic rings. The van der Waals surface area contributed by atoms with Crippen molar-refractivity contribution in [3.8, 4) is 5.75 Å². The van der Waals surface area contributed by atoms with E-state index in [0.29, 0.717) is 37.0 Å². The lowest BCUT2D eigenvalue weighted by Crippen LogP contribution is -2.51. The number of hydrogen-bond donors (Lipinski definition) is 2. The third kappa shape index (κ3) is 6.39. The number of carbonyl (C=O) groups is 1. The molecule has 0 unspecified atom stereocenters. The van der Waals surface area contributed by atoms with Gasteiger partial charge in [-0.15, -0.1) is 0 Å². The number of benzene rings is 2. The number of nitrogens with zero attached hydrogens (tertiary/aromatic N) is 1. The summed E-state index contributed by atoms with van der Waals surface area (Å²) in [6, 6.07) is 14.2. The maximum atomic E-state index is 13.6. The maximum Gasteiger partial charge on any atom is 0.419 e. The molecule has 178 valence electrons. The molecular formula is C26H32F2N2O3. The van der Waals surface area contributed by atoms with Crippen LogP contribution in [0.3, 0.4) is 0 Å². The summed E-state index contributed by atoms with van der Waals surface area (Å²) in [5.41, 5.74) is 0.928. The molecule has 0 saturated carbocycles. The second-order valence-electron chi connectivity index (χ2n) is 9.56. The number of aliphatic hydroxyl groups is 1. The number of piperidine rings is 1. The molecule has 7 heteroatoms. The van der Waals surface area contributed by atoms with Crippen molar-refractivity contribution in [2.24, 2.45) is 0 Å². The molecule has 0 atom stereocenters. The van der Waals surface area contributed by atoms with Gasteiger partial charge in [-0.1, -0.05) is 57.7 Å². The van der Waals surface area contributed by atoms with E-state index in [4.69, 9.17) is 4.74 Å². The van der Waals surface area contributed by atoms with Crippen molar-refractivity contribution in [3.63, 3.8) is 0 Å². The van der Waals surface area contributed by atoms with Crippen molar-refractivity contribution >= 4 is 11.6 Å². The Bertz CT molecular complexity index is 976. The first kappa shape index (κ1) is 24.9. The lowest BCUT2D eigenvalue weighted by Gasteiger charge is -2.37. The van der Waals surface area contributed by atoms with Crippen LogP contribution in [-0.2, 0) is 16.8 Å². The number of nitrogens with one attached hydrogen (secondary N) is 1. The monoisotopic (exact) mass is 458 g/mol. The highest BCUT2D eigenvalue weighted by molar-refractivity contribution is 5.97.